The van der Waals surface area contributed by atoms with Gasteiger partial charge in [0.05, 0.1) is 29.0 Å². The van der Waals surface area contributed by atoms with Crippen molar-refractivity contribution in [1.82, 2.24) is 24.4 Å². The molecule has 0 radical (unpaired) electrons. The van der Waals surface area contributed by atoms with Gasteiger partial charge in [-0.3, -0.25) is 14.9 Å². The fourth-order valence-electron chi connectivity index (χ4n) is 4.86. The van der Waals surface area contributed by atoms with E-state index in [4.69, 9.17) is 4.98 Å². The number of aryl methyl sites for hydroxylation is 1. The molecule has 0 amide bonds. The summed E-state index contributed by atoms with van der Waals surface area (Å²) in [5.41, 5.74) is 4.37. The summed E-state index contributed by atoms with van der Waals surface area (Å²) in [6.07, 6.45) is 15.1. The molecule has 4 rings (SSSR count). The molecule has 0 saturated carbocycles. The Morgan fingerprint density at radius 1 is 0.676 bits per heavy atom. The molecule has 6 heteroatoms. The number of unbranched alkanes of at least 4 members (excludes halogenated alkanes) is 8. The molecule has 0 N–H and O–H groups in total. The minimum absolute atomic E-state index is 0.711. The molecule has 3 aromatic heterocycles. The number of aromatic nitrogens is 4. The Kier molecular flexibility index (Phi) is 10.8. The molecule has 0 aliphatic heterocycles. The molecule has 0 bridgehead atoms. The van der Waals surface area contributed by atoms with E-state index in [9.17, 15) is 4.79 Å². The van der Waals surface area contributed by atoms with Crippen molar-refractivity contribution in [2.24, 2.45) is 0 Å². The lowest BCUT2D eigenvalue weighted by atomic mass is 10.1. The third kappa shape index (κ3) is 8.60. The Bertz CT molecular complexity index is 1150. The number of para-hydroxylation sites is 2. The zero-order chi connectivity index (χ0) is 25.5. The highest BCUT2D eigenvalue weighted by Gasteiger charge is 2.16. The standard InChI is InChI=1S/C31H39N5O/c37-23-15-7-5-3-1-2-4-6-14-22-36-30-19-9-8-18-29(30)34-31(36)26-35(24-27-16-10-12-20-32-27)25-28-17-11-13-21-33-28/h8-13,16-21,23H,1-7,14-15,22,24-26H2. The van der Waals surface area contributed by atoms with Gasteiger partial charge in [-0.25, -0.2) is 4.98 Å². The Balaban J connectivity index is 1.40. The summed E-state index contributed by atoms with van der Waals surface area (Å²) in [5.74, 6) is 1.10. The van der Waals surface area contributed by atoms with E-state index >= 15 is 0 Å². The molecule has 37 heavy (non-hydrogen) atoms. The van der Waals surface area contributed by atoms with Crippen molar-refractivity contribution in [3.63, 3.8) is 0 Å². The first-order chi connectivity index (χ1) is 18.3. The van der Waals surface area contributed by atoms with Crippen LogP contribution >= 0.6 is 0 Å². The molecule has 0 saturated heterocycles. The first-order valence-electron chi connectivity index (χ1n) is 13.7. The van der Waals surface area contributed by atoms with Crippen LogP contribution < -0.4 is 0 Å². The lowest BCUT2D eigenvalue weighted by Crippen LogP contribution is -2.25. The van der Waals surface area contributed by atoms with E-state index in [-0.39, 0.29) is 0 Å². The number of hydrogen-bond donors (Lipinski definition) is 0. The maximum absolute atomic E-state index is 10.4. The summed E-state index contributed by atoms with van der Waals surface area (Å²) in [6.45, 7) is 3.21. The predicted molar refractivity (Wildman–Crippen MR) is 149 cm³/mol. The lowest BCUT2D eigenvalue weighted by molar-refractivity contribution is -0.107. The fraction of sp³-hybridized carbons (Fsp3) is 0.419. The average Bonchev–Trinajstić information content (AvgIpc) is 3.27. The van der Waals surface area contributed by atoms with Gasteiger partial charge in [-0.05, 0) is 49.2 Å². The van der Waals surface area contributed by atoms with Crippen LogP contribution in [0.25, 0.3) is 11.0 Å². The highest BCUT2D eigenvalue weighted by atomic mass is 16.1. The van der Waals surface area contributed by atoms with E-state index in [1.165, 1.54) is 44.0 Å². The van der Waals surface area contributed by atoms with Gasteiger partial charge in [0, 0.05) is 38.4 Å². The highest BCUT2D eigenvalue weighted by molar-refractivity contribution is 5.75. The number of fused-ring (bicyclic) bond motifs is 1. The van der Waals surface area contributed by atoms with Crippen LogP contribution in [0.15, 0.2) is 73.1 Å². The van der Waals surface area contributed by atoms with Gasteiger partial charge < -0.3 is 9.36 Å². The van der Waals surface area contributed by atoms with E-state index < -0.39 is 0 Å². The van der Waals surface area contributed by atoms with E-state index in [0.717, 1.165) is 68.0 Å². The van der Waals surface area contributed by atoms with Crippen molar-refractivity contribution in [3.8, 4) is 0 Å². The third-order valence-electron chi connectivity index (χ3n) is 6.78. The summed E-state index contributed by atoms with van der Waals surface area (Å²) >= 11 is 0. The minimum Gasteiger partial charge on any atom is -0.327 e. The van der Waals surface area contributed by atoms with Gasteiger partial charge in [-0.1, -0.05) is 62.8 Å². The number of hydrogen-bond acceptors (Lipinski definition) is 5. The van der Waals surface area contributed by atoms with Crippen LogP contribution in [0.4, 0.5) is 0 Å². The Hall–Kier alpha value is -3.38. The second-order valence-electron chi connectivity index (χ2n) is 9.74. The number of rotatable bonds is 17. The molecule has 0 aliphatic rings. The van der Waals surface area contributed by atoms with Crippen molar-refractivity contribution in [3.05, 3.63) is 90.3 Å². The molecule has 4 aromatic rings. The fourth-order valence-corrected chi connectivity index (χ4v) is 4.86. The van der Waals surface area contributed by atoms with Crippen LogP contribution in [-0.4, -0.2) is 30.7 Å². The van der Waals surface area contributed by atoms with E-state index in [0.29, 0.717) is 6.42 Å². The van der Waals surface area contributed by atoms with E-state index in [1.807, 2.05) is 36.7 Å². The second kappa shape index (κ2) is 15.0. The zero-order valence-electron chi connectivity index (χ0n) is 21.8. The Morgan fingerprint density at radius 2 is 1.27 bits per heavy atom. The first-order valence-corrected chi connectivity index (χ1v) is 13.7. The number of benzene rings is 1. The Morgan fingerprint density at radius 3 is 1.89 bits per heavy atom. The van der Waals surface area contributed by atoms with Crippen molar-refractivity contribution in [1.29, 1.82) is 0 Å². The molecule has 0 fully saturated rings. The van der Waals surface area contributed by atoms with Crippen LogP contribution in [0, 0.1) is 0 Å². The maximum Gasteiger partial charge on any atom is 0.124 e. The highest BCUT2D eigenvalue weighted by Crippen LogP contribution is 2.20. The van der Waals surface area contributed by atoms with Gasteiger partial charge >= 0.3 is 0 Å². The van der Waals surface area contributed by atoms with Gasteiger partial charge in [-0.15, -0.1) is 0 Å². The SMILES string of the molecule is O=CCCCCCCCCCCn1c(CN(Cc2ccccn2)Cc2ccccn2)nc2ccccc21. The first kappa shape index (κ1) is 26.7. The normalized spacial score (nSPS) is 11.4. The molecular weight excluding hydrogens is 458 g/mol. The van der Waals surface area contributed by atoms with Crippen molar-refractivity contribution in [2.75, 3.05) is 0 Å². The van der Waals surface area contributed by atoms with Gasteiger partial charge in [0.2, 0.25) is 0 Å². The molecule has 194 valence electrons. The van der Waals surface area contributed by atoms with Crippen LogP contribution in [0.2, 0.25) is 0 Å². The van der Waals surface area contributed by atoms with Gasteiger partial charge in [0.15, 0.2) is 0 Å². The van der Waals surface area contributed by atoms with Crippen LogP contribution in [0.1, 0.15) is 75.0 Å². The summed E-state index contributed by atoms with van der Waals surface area (Å²) in [4.78, 5) is 27.0. The largest absolute Gasteiger partial charge is 0.327 e. The molecular formula is C31H39N5O. The molecule has 0 aliphatic carbocycles. The summed E-state index contributed by atoms with van der Waals surface area (Å²) in [5, 5.41) is 0. The van der Waals surface area contributed by atoms with Crippen LogP contribution in [0.5, 0.6) is 0 Å². The topological polar surface area (TPSA) is 63.9 Å². The number of carbonyl (C=O) groups is 1. The van der Waals surface area contributed by atoms with Gasteiger partial charge in [-0.2, -0.15) is 0 Å². The Labute approximate surface area is 220 Å². The minimum atomic E-state index is 0.711. The van der Waals surface area contributed by atoms with E-state index in [1.54, 1.807) is 0 Å². The predicted octanol–water partition coefficient (Wildman–Crippen LogP) is 6.74. The van der Waals surface area contributed by atoms with E-state index in [2.05, 4.69) is 55.8 Å². The van der Waals surface area contributed by atoms with Crippen molar-refractivity contribution in [2.45, 2.75) is 84.0 Å². The third-order valence-corrected chi connectivity index (χ3v) is 6.78. The number of nitrogens with zero attached hydrogens (tertiary/aromatic N) is 5. The maximum atomic E-state index is 10.4. The van der Waals surface area contributed by atoms with Gasteiger partial charge in [0.25, 0.3) is 0 Å². The summed E-state index contributed by atoms with van der Waals surface area (Å²) in [7, 11) is 0. The van der Waals surface area contributed by atoms with Crippen molar-refractivity contribution < 1.29 is 4.79 Å². The number of carbonyl (C=O) groups excluding carboxylic acids is 1. The molecule has 0 atom stereocenters. The molecule has 6 nitrogen and oxygen atoms in total. The summed E-state index contributed by atoms with van der Waals surface area (Å²) < 4.78 is 2.42. The molecule has 0 spiro atoms. The van der Waals surface area contributed by atoms with Crippen LogP contribution in [-0.2, 0) is 31.0 Å². The number of imidazole rings is 1. The second-order valence-corrected chi connectivity index (χ2v) is 9.74. The smallest absolute Gasteiger partial charge is 0.124 e. The quantitative estimate of drug-likeness (QED) is 0.119. The number of aldehydes is 1. The molecule has 1 aromatic carbocycles. The van der Waals surface area contributed by atoms with Gasteiger partial charge in [0.1, 0.15) is 12.1 Å². The van der Waals surface area contributed by atoms with Crippen molar-refractivity contribution >= 4 is 17.3 Å². The monoisotopic (exact) mass is 497 g/mol. The molecule has 3 heterocycles. The lowest BCUT2D eigenvalue weighted by Gasteiger charge is -2.22. The van der Waals surface area contributed by atoms with Crippen LogP contribution in [0.3, 0.4) is 0 Å². The average molecular weight is 498 g/mol. The summed E-state index contributed by atoms with van der Waals surface area (Å²) in [6, 6.07) is 20.6. The zero-order valence-corrected chi connectivity index (χ0v) is 21.8. The number of pyridine rings is 2. The molecule has 0 unspecified atom stereocenters.